The number of fused-ring (bicyclic) bond motifs is 1. The number of amides is 1. The number of ether oxygens (including phenoxy) is 3. The highest BCUT2D eigenvalue weighted by Gasteiger charge is 2.34. The Balaban J connectivity index is 1.43. The molecule has 0 aliphatic carbocycles. The van der Waals surface area contributed by atoms with Crippen molar-refractivity contribution in [1.82, 2.24) is 14.8 Å². The summed E-state index contributed by atoms with van der Waals surface area (Å²) < 4.78 is 18.4. The van der Waals surface area contributed by atoms with Crippen LogP contribution in [-0.4, -0.2) is 34.9 Å². The van der Waals surface area contributed by atoms with Crippen molar-refractivity contribution in [1.29, 1.82) is 0 Å². The van der Waals surface area contributed by atoms with E-state index < -0.39 is 6.04 Å². The van der Waals surface area contributed by atoms with Crippen LogP contribution in [0.15, 0.2) is 78.3 Å². The van der Waals surface area contributed by atoms with Gasteiger partial charge in [0.15, 0.2) is 0 Å². The molecule has 0 fully saturated rings. The number of anilines is 2. The van der Waals surface area contributed by atoms with E-state index in [9.17, 15) is 4.79 Å². The molecule has 2 heterocycles. The Kier molecular flexibility index (Phi) is 7.42. The Bertz CT molecular complexity index is 1530. The van der Waals surface area contributed by atoms with Crippen molar-refractivity contribution < 1.29 is 19.0 Å². The average molecular weight is 546 g/mol. The molecule has 3 aromatic carbocycles. The summed E-state index contributed by atoms with van der Waals surface area (Å²) in [6, 6.07) is 18.5. The van der Waals surface area contributed by atoms with Crippen molar-refractivity contribution in [3.8, 4) is 17.2 Å². The van der Waals surface area contributed by atoms with Gasteiger partial charge in [-0.25, -0.2) is 4.68 Å². The van der Waals surface area contributed by atoms with Crippen LogP contribution in [0.1, 0.15) is 29.7 Å². The standard InChI is InChI=1S/C29H28ClN5O4/c1-17-5-7-19(8-6-17)15-39-21-11-9-20(10-12-21)27-26(18(2)33-29-31-16-32-35(27)29)28(36)34-23-14-24(37-3)22(30)13-25(23)38-4/h5-14,16,27H,15H2,1-4H3,(H,34,36)(H,31,32,33)/t27-/m0/s1. The monoisotopic (exact) mass is 545 g/mol. The second-order valence-electron chi connectivity index (χ2n) is 9.08. The van der Waals surface area contributed by atoms with Gasteiger partial charge in [-0.05, 0) is 37.1 Å². The van der Waals surface area contributed by atoms with E-state index in [-0.39, 0.29) is 5.91 Å². The SMILES string of the molecule is COc1cc(NC(=O)C2=C(C)Nc3ncnn3[C@H]2c2ccc(OCc3ccc(C)cc3)cc2)c(OC)cc1Cl. The number of nitrogens with zero attached hydrogens (tertiary/aromatic N) is 3. The minimum absolute atomic E-state index is 0.339. The first kappa shape index (κ1) is 26.1. The molecular weight excluding hydrogens is 518 g/mol. The van der Waals surface area contributed by atoms with E-state index in [4.69, 9.17) is 25.8 Å². The topological polar surface area (TPSA) is 99.5 Å². The largest absolute Gasteiger partial charge is 0.495 e. The molecule has 0 saturated carbocycles. The van der Waals surface area contributed by atoms with Crippen molar-refractivity contribution in [2.75, 3.05) is 24.9 Å². The van der Waals surface area contributed by atoms with Gasteiger partial charge in [0.25, 0.3) is 5.91 Å². The molecule has 1 aliphatic heterocycles. The van der Waals surface area contributed by atoms with Gasteiger partial charge >= 0.3 is 0 Å². The lowest BCUT2D eigenvalue weighted by Crippen LogP contribution is -2.31. The van der Waals surface area contributed by atoms with Crippen LogP contribution in [0, 0.1) is 6.92 Å². The summed E-state index contributed by atoms with van der Waals surface area (Å²) in [7, 11) is 3.01. The number of benzene rings is 3. The Morgan fingerprint density at radius 3 is 2.44 bits per heavy atom. The predicted octanol–water partition coefficient (Wildman–Crippen LogP) is 5.76. The lowest BCUT2D eigenvalue weighted by Gasteiger charge is -2.29. The smallest absolute Gasteiger partial charge is 0.255 e. The summed E-state index contributed by atoms with van der Waals surface area (Å²) in [5.41, 5.74) is 4.68. The third-order valence-corrected chi connectivity index (χ3v) is 6.78. The number of carbonyl (C=O) groups is 1. The van der Waals surface area contributed by atoms with Gasteiger partial charge in [0.2, 0.25) is 5.95 Å². The summed E-state index contributed by atoms with van der Waals surface area (Å²) in [5.74, 6) is 1.74. The van der Waals surface area contributed by atoms with Crippen molar-refractivity contribution in [3.05, 3.63) is 100.0 Å². The lowest BCUT2D eigenvalue weighted by molar-refractivity contribution is -0.113. The van der Waals surface area contributed by atoms with Crippen LogP contribution in [0.2, 0.25) is 5.02 Å². The minimum Gasteiger partial charge on any atom is -0.495 e. The Morgan fingerprint density at radius 1 is 1.03 bits per heavy atom. The van der Waals surface area contributed by atoms with Crippen molar-refractivity contribution in [3.63, 3.8) is 0 Å². The molecule has 10 heteroatoms. The molecule has 5 rings (SSSR count). The van der Waals surface area contributed by atoms with E-state index in [1.807, 2.05) is 31.2 Å². The Hall–Kier alpha value is -4.50. The predicted molar refractivity (Wildman–Crippen MR) is 150 cm³/mol. The van der Waals surface area contributed by atoms with Crippen LogP contribution in [0.25, 0.3) is 0 Å². The van der Waals surface area contributed by atoms with Crippen molar-refractivity contribution >= 4 is 29.1 Å². The molecule has 1 aliphatic rings. The highest BCUT2D eigenvalue weighted by Crippen LogP contribution is 2.39. The first-order chi connectivity index (χ1) is 18.9. The van der Waals surface area contributed by atoms with E-state index in [0.29, 0.717) is 46.0 Å². The second-order valence-corrected chi connectivity index (χ2v) is 9.49. The molecule has 0 saturated heterocycles. The summed E-state index contributed by atoms with van der Waals surface area (Å²) in [4.78, 5) is 18.1. The number of carbonyl (C=O) groups excluding carboxylic acids is 1. The fourth-order valence-electron chi connectivity index (χ4n) is 4.44. The number of hydrogen-bond acceptors (Lipinski definition) is 7. The zero-order chi connectivity index (χ0) is 27.5. The first-order valence-electron chi connectivity index (χ1n) is 12.3. The molecule has 200 valence electrons. The summed E-state index contributed by atoms with van der Waals surface area (Å²) in [6.45, 7) is 4.34. The molecule has 0 unspecified atom stereocenters. The third kappa shape index (κ3) is 5.39. The molecule has 0 spiro atoms. The summed E-state index contributed by atoms with van der Waals surface area (Å²) in [6.07, 6.45) is 1.45. The number of nitrogens with one attached hydrogen (secondary N) is 2. The zero-order valence-electron chi connectivity index (χ0n) is 22.0. The molecule has 39 heavy (non-hydrogen) atoms. The molecule has 1 aromatic heterocycles. The van der Waals surface area contributed by atoms with Crippen LogP contribution in [0.4, 0.5) is 11.6 Å². The molecular formula is C29H28ClN5O4. The lowest BCUT2D eigenvalue weighted by atomic mass is 9.95. The fourth-order valence-corrected chi connectivity index (χ4v) is 4.67. The molecule has 1 atom stereocenters. The molecule has 9 nitrogen and oxygen atoms in total. The van der Waals surface area contributed by atoms with Gasteiger partial charge in [0.1, 0.15) is 36.2 Å². The average Bonchev–Trinajstić information content (AvgIpc) is 3.41. The quantitative estimate of drug-likeness (QED) is 0.290. The number of hydrogen-bond donors (Lipinski definition) is 2. The van der Waals surface area contributed by atoms with E-state index in [2.05, 4.69) is 51.9 Å². The van der Waals surface area contributed by atoms with Crippen LogP contribution >= 0.6 is 11.6 Å². The normalized spacial score (nSPS) is 14.3. The van der Waals surface area contributed by atoms with Crippen LogP contribution in [0.5, 0.6) is 17.2 Å². The Morgan fingerprint density at radius 2 is 1.74 bits per heavy atom. The summed E-state index contributed by atoms with van der Waals surface area (Å²) in [5, 5.41) is 10.9. The minimum atomic E-state index is -0.532. The maximum atomic E-state index is 13.8. The van der Waals surface area contributed by atoms with E-state index >= 15 is 0 Å². The number of rotatable bonds is 8. The van der Waals surface area contributed by atoms with E-state index in [1.165, 1.54) is 26.1 Å². The molecule has 2 N–H and O–H groups in total. The van der Waals surface area contributed by atoms with Crippen molar-refractivity contribution in [2.45, 2.75) is 26.5 Å². The number of methoxy groups -OCH3 is 2. The molecule has 4 aromatic rings. The highest BCUT2D eigenvalue weighted by molar-refractivity contribution is 6.32. The van der Waals surface area contributed by atoms with Crippen LogP contribution in [-0.2, 0) is 11.4 Å². The van der Waals surface area contributed by atoms with Gasteiger partial charge < -0.3 is 24.8 Å². The highest BCUT2D eigenvalue weighted by atomic mass is 35.5. The molecule has 0 radical (unpaired) electrons. The summed E-state index contributed by atoms with van der Waals surface area (Å²) >= 11 is 6.25. The number of halogens is 1. The van der Waals surface area contributed by atoms with E-state index in [0.717, 1.165) is 16.9 Å². The van der Waals surface area contributed by atoms with Gasteiger partial charge in [-0.15, -0.1) is 0 Å². The van der Waals surface area contributed by atoms with Crippen molar-refractivity contribution in [2.24, 2.45) is 0 Å². The van der Waals surface area contributed by atoms with Gasteiger partial charge in [0.05, 0.1) is 30.5 Å². The maximum absolute atomic E-state index is 13.8. The number of allylic oxidation sites excluding steroid dienone is 1. The number of aryl methyl sites for hydroxylation is 1. The van der Waals surface area contributed by atoms with Gasteiger partial charge in [-0.3, -0.25) is 4.79 Å². The fraction of sp³-hybridized carbons (Fsp3) is 0.207. The van der Waals surface area contributed by atoms with Gasteiger partial charge in [0, 0.05) is 17.8 Å². The second kappa shape index (κ2) is 11.1. The molecule has 0 bridgehead atoms. The van der Waals surface area contributed by atoms with Crippen LogP contribution < -0.4 is 24.8 Å². The van der Waals surface area contributed by atoms with E-state index in [1.54, 1.807) is 16.8 Å². The molecule has 1 amide bonds. The zero-order valence-corrected chi connectivity index (χ0v) is 22.7. The Labute approximate surface area is 231 Å². The number of aromatic nitrogens is 3. The van der Waals surface area contributed by atoms with Crippen LogP contribution in [0.3, 0.4) is 0 Å². The van der Waals surface area contributed by atoms with Gasteiger partial charge in [-0.2, -0.15) is 10.1 Å². The van der Waals surface area contributed by atoms with Gasteiger partial charge in [-0.1, -0.05) is 53.6 Å². The maximum Gasteiger partial charge on any atom is 0.255 e. The third-order valence-electron chi connectivity index (χ3n) is 6.48. The first-order valence-corrected chi connectivity index (χ1v) is 12.6.